The van der Waals surface area contributed by atoms with Crippen molar-refractivity contribution in [2.75, 3.05) is 6.61 Å². The number of allylic oxidation sites excluding steroid dienone is 2. The Morgan fingerprint density at radius 3 is 1.04 bits per heavy atom. The molecule has 0 rings (SSSR count). The molecule has 1 amide bonds. The topological polar surface area (TPSA) is 89.8 Å². The summed E-state index contributed by atoms with van der Waals surface area (Å²) in [5.41, 5.74) is 0. The van der Waals surface area contributed by atoms with Gasteiger partial charge in [-0.2, -0.15) is 0 Å². The van der Waals surface area contributed by atoms with Crippen LogP contribution in [0.4, 0.5) is 0 Å². The summed E-state index contributed by atoms with van der Waals surface area (Å²) < 4.78 is 0. The molecule has 0 radical (unpaired) electrons. The molecule has 5 heteroatoms. The highest BCUT2D eigenvalue weighted by molar-refractivity contribution is 5.80. The molecule has 316 valence electrons. The van der Waals surface area contributed by atoms with Crippen LogP contribution in [0.5, 0.6) is 0 Å². The van der Waals surface area contributed by atoms with Crippen LogP contribution in [0.2, 0.25) is 0 Å². The highest BCUT2D eigenvalue weighted by atomic mass is 16.3. The normalized spacial score (nSPS) is 13.5. The van der Waals surface area contributed by atoms with Crippen LogP contribution in [-0.4, -0.2) is 46.1 Å². The third-order valence-corrected chi connectivity index (χ3v) is 11.4. The number of carbonyl (C=O) groups is 1. The van der Waals surface area contributed by atoms with E-state index in [-0.39, 0.29) is 6.61 Å². The molecule has 5 nitrogen and oxygen atoms in total. The SMILES string of the molecule is CCCCCCCCCCCCCC/C=C\CCCCCCCCCCCCCCCC(O)C(=O)NC(CO)C(O)CCCCCCCCCCCC. The average Bonchev–Trinajstić information content (AvgIpc) is 3.16. The Bertz CT molecular complexity index is 743. The Kier molecular flexibility index (Phi) is 43.1. The van der Waals surface area contributed by atoms with Gasteiger partial charge in [-0.3, -0.25) is 4.79 Å². The summed E-state index contributed by atoms with van der Waals surface area (Å²) in [5, 5.41) is 33.2. The van der Waals surface area contributed by atoms with E-state index in [1.165, 1.54) is 205 Å². The Morgan fingerprint density at radius 1 is 0.434 bits per heavy atom. The smallest absolute Gasteiger partial charge is 0.249 e. The van der Waals surface area contributed by atoms with Crippen LogP contribution >= 0.6 is 0 Å². The number of carbonyl (C=O) groups excluding carboxylic acids is 1. The van der Waals surface area contributed by atoms with Crippen LogP contribution in [0.3, 0.4) is 0 Å². The van der Waals surface area contributed by atoms with Gasteiger partial charge in [-0.1, -0.05) is 238 Å². The molecule has 4 N–H and O–H groups in total. The van der Waals surface area contributed by atoms with E-state index in [2.05, 4.69) is 31.3 Å². The summed E-state index contributed by atoms with van der Waals surface area (Å²) in [4.78, 5) is 12.5. The van der Waals surface area contributed by atoms with Crippen LogP contribution in [0.15, 0.2) is 12.2 Å². The van der Waals surface area contributed by atoms with Crippen molar-refractivity contribution in [2.24, 2.45) is 0 Å². The highest BCUT2D eigenvalue weighted by Crippen LogP contribution is 2.17. The van der Waals surface area contributed by atoms with Crippen molar-refractivity contribution in [3.05, 3.63) is 12.2 Å². The zero-order valence-corrected chi connectivity index (χ0v) is 35.9. The van der Waals surface area contributed by atoms with Crippen molar-refractivity contribution in [3.8, 4) is 0 Å². The maximum Gasteiger partial charge on any atom is 0.249 e. The zero-order valence-electron chi connectivity index (χ0n) is 35.9. The van der Waals surface area contributed by atoms with E-state index in [9.17, 15) is 20.1 Å². The van der Waals surface area contributed by atoms with Gasteiger partial charge < -0.3 is 20.6 Å². The molecule has 0 bridgehead atoms. The van der Waals surface area contributed by atoms with E-state index in [1.807, 2.05) is 0 Å². The van der Waals surface area contributed by atoms with E-state index in [4.69, 9.17) is 0 Å². The lowest BCUT2D eigenvalue weighted by Crippen LogP contribution is -2.49. The van der Waals surface area contributed by atoms with Gasteiger partial charge in [0.15, 0.2) is 0 Å². The lowest BCUT2D eigenvalue weighted by molar-refractivity contribution is -0.131. The first-order valence-electron chi connectivity index (χ1n) is 24.0. The summed E-state index contributed by atoms with van der Waals surface area (Å²) in [6.07, 6.45) is 52.4. The average molecular weight is 750 g/mol. The fourth-order valence-electron chi connectivity index (χ4n) is 7.60. The van der Waals surface area contributed by atoms with Gasteiger partial charge in [0.25, 0.3) is 0 Å². The van der Waals surface area contributed by atoms with Crippen LogP contribution in [0.25, 0.3) is 0 Å². The van der Waals surface area contributed by atoms with E-state index in [1.54, 1.807) is 0 Å². The Labute approximate surface area is 331 Å². The third kappa shape index (κ3) is 39.1. The number of amides is 1. The van der Waals surface area contributed by atoms with Crippen molar-refractivity contribution in [1.29, 1.82) is 0 Å². The minimum absolute atomic E-state index is 0.311. The summed E-state index contributed by atoms with van der Waals surface area (Å²) in [6.45, 7) is 4.23. The molecule has 0 aromatic heterocycles. The first-order valence-corrected chi connectivity index (χ1v) is 24.0. The van der Waals surface area contributed by atoms with Crippen LogP contribution in [-0.2, 0) is 4.79 Å². The summed E-state index contributed by atoms with van der Waals surface area (Å²) in [5.74, 6) is -0.469. The van der Waals surface area contributed by atoms with Gasteiger partial charge in [0.1, 0.15) is 6.10 Å². The van der Waals surface area contributed by atoms with Crippen molar-refractivity contribution in [3.63, 3.8) is 0 Å². The fraction of sp³-hybridized carbons (Fsp3) is 0.938. The first-order chi connectivity index (χ1) is 26.1. The van der Waals surface area contributed by atoms with E-state index >= 15 is 0 Å². The number of rotatable bonds is 44. The number of nitrogens with one attached hydrogen (secondary N) is 1. The highest BCUT2D eigenvalue weighted by Gasteiger charge is 2.23. The Morgan fingerprint density at radius 2 is 0.717 bits per heavy atom. The zero-order chi connectivity index (χ0) is 38.7. The van der Waals surface area contributed by atoms with Crippen molar-refractivity contribution >= 4 is 5.91 Å². The Hall–Kier alpha value is -0.910. The van der Waals surface area contributed by atoms with Crippen LogP contribution in [0, 0.1) is 0 Å². The molecular formula is C48H95NO4. The van der Waals surface area contributed by atoms with Gasteiger partial charge in [0.2, 0.25) is 5.91 Å². The maximum atomic E-state index is 12.5. The molecule has 0 aliphatic rings. The molecular weight excluding hydrogens is 655 g/mol. The lowest BCUT2D eigenvalue weighted by atomic mass is 10.0. The van der Waals surface area contributed by atoms with E-state index in [0.717, 1.165) is 32.1 Å². The predicted octanol–water partition coefficient (Wildman–Crippen LogP) is 14.0. The second kappa shape index (κ2) is 43.8. The molecule has 3 unspecified atom stereocenters. The van der Waals surface area contributed by atoms with Gasteiger partial charge in [0.05, 0.1) is 18.8 Å². The molecule has 0 spiro atoms. The number of aliphatic hydroxyl groups excluding tert-OH is 3. The molecule has 0 aliphatic heterocycles. The molecule has 0 heterocycles. The molecule has 0 fully saturated rings. The van der Waals surface area contributed by atoms with E-state index < -0.39 is 24.2 Å². The quantitative estimate of drug-likeness (QED) is 0.0369. The third-order valence-electron chi connectivity index (χ3n) is 11.4. The first kappa shape index (κ1) is 52.1. The number of hydrogen-bond donors (Lipinski definition) is 4. The van der Waals surface area contributed by atoms with Crippen molar-refractivity contribution in [2.45, 2.75) is 283 Å². The van der Waals surface area contributed by atoms with Crippen molar-refractivity contribution in [1.82, 2.24) is 5.32 Å². The molecule has 0 saturated carbocycles. The van der Waals surface area contributed by atoms with Crippen LogP contribution < -0.4 is 5.32 Å². The largest absolute Gasteiger partial charge is 0.394 e. The summed E-state index contributed by atoms with van der Waals surface area (Å²) in [6, 6.07) is -0.707. The van der Waals surface area contributed by atoms with Crippen molar-refractivity contribution < 1.29 is 20.1 Å². The minimum Gasteiger partial charge on any atom is -0.394 e. The molecule has 0 aliphatic carbocycles. The molecule has 0 aromatic rings. The predicted molar refractivity (Wildman–Crippen MR) is 232 cm³/mol. The molecule has 3 atom stereocenters. The minimum atomic E-state index is -1.07. The van der Waals surface area contributed by atoms with Gasteiger partial charge in [-0.05, 0) is 38.5 Å². The van der Waals surface area contributed by atoms with Gasteiger partial charge in [-0.25, -0.2) is 0 Å². The number of hydrogen-bond acceptors (Lipinski definition) is 4. The van der Waals surface area contributed by atoms with E-state index in [0.29, 0.717) is 12.8 Å². The summed E-state index contributed by atoms with van der Waals surface area (Å²) >= 11 is 0. The maximum absolute atomic E-state index is 12.5. The van der Waals surface area contributed by atoms with Gasteiger partial charge in [0, 0.05) is 0 Å². The molecule has 0 saturated heterocycles. The lowest BCUT2D eigenvalue weighted by Gasteiger charge is -2.23. The fourth-order valence-corrected chi connectivity index (χ4v) is 7.60. The second-order valence-electron chi connectivity index (χ2n) is 16.7. The van der Waals surface area contributed by atoms with Gasteiger partial charge >= 0.3 is 0 Å². The monoisotopic (exact) mass is 750 g/mol. The number of unbranched alkanes of at least 4 members (excludes halogenated alkanes) is 34. The Balaban J connectivity index is 3.48. The molecule has 0 aromatic carbocycles. The second-order valence-corrected chi connectivity index (χ2v) is 16.7. The van der Waals surface area contributed by atoms with Gasteiger partial charge in [-0.15, -0.1) is 0 Å². The standard InChI is InChI=1S/C48H95NO4/c1-3-5-7-9-11-13-15-16-17-18-19-20-21-22-23-24-25-26-27-28-29-30-31-32-33-35-37-39-41-43-47(52)48(53)49-45(44-50)46(51)42-40-38-36-34-14-12-10-8-6-4-2/h22-23,45-47,50-52H,3-21,24-44H2,1-2H3,(H,49,53)/b23-22-. The molecule has 53 heavy (non-hydrogen) atoms. The van der Waals surface area contributed by atoms with Crippen LogP contribution in [0.1, 0.15) is 264 Å². The number of aliphatic hydroxyl groups is 3. The summed E-state index contributed by atoms with van der Waals surface area (Å²) in [7, 11) is 0.